The average Bonchev–Trinajstić information content (AvgIpc) is 2.50. The Morgan fingerprint density at radius 3 is 2.36 bits per heavy atom. The molecule has 0 radical (unpaired) electrons. The molecule has 0 heterocycles. The zero-order valence-electron chi connectivity index (χ0n) is 13.0. The lowest BCUT2D eigenvalue weighted by Gasteiger charge is -2.18. The minimum absolute atomic E-state index is 0.290. The molecule has 0 bridgehead atoms. The van der Waals surface area contributed by atoms with Crippen LogP contribution in [0.5, 0.6) is 0 Å². The fourth-order valence-electron chi connectivity index (χ4n) is 2.54. The largest absolute Gasteiger partial charge is 0.377 e. The molecule has 1 atom stereocenters. The Labute approximate surface area is 131 Å². The van der Waals surface area contributed by atoms with Gasteiger partial charge in [0.1, 0.15) is 5.37 Å². The van der Waals surface area contributed by atoms with Gasteiger partial charge in [-0.3, -0.25) is 0 Å². The predicted molar refractivity (Wildman–Crippen MR) is 91.7 cm³/mol. The summed E-state index contributed by atoms with van der Waals surface area (Å²) in [6.45, 7) is 0.434. The van der Waals surface area contributed by atoms with Gasteiger partial charge in [-0.15, -0.1) is 0 Å². The highest BCUT2D eigenvalue weighted by Crippen LogP contribution is 2.31. The smallest absolute Gasteiger partial charge is 0.194 e. The number of sulfone groups is 1. The molecule has 6 heteroatoms. The number of benzene rings is 2. The zero-order valence-corrected chi connectivity index (χ0v) is 13.8. The number of hydrogen-bond donors (Lipinski definition) is 2. The van der Waals surface area contributed by atoms with Crippen molar-refractivity contribution in [2.24, 2.45) is 11.5 Å². The number of rotatable bonds is 6. The fourth-order valence-corrected chi connectivity index (χ4v) is 4.10. The molecule has 0 aliphatic carbocycles. The van der Waals surface area contributed by atoms with E-state index >= 15 is 0 Å². The number of anilines is 1. The van der Waals surface area contributed by atoms with Crippen LogP contribution in [-0.2, 0) is 9.84 Å². The highest BCUT2D eigenvalue weighted by Gasteiger charge is 2.25. The van der Waals surface area contributed by atoms with E-state index in [1.165, 1.54) is 0 Å². The lowest BCUT2D eigenvalue weighted by Crippen LogP contribution is -2.31. The van der Waals surface area contributed by atoms with Crippen molar-refractivity contribution in [1.82, 2.24) is 0 Å². The summed E-state index contributed by atoms with van der Waals surface area (Å²) < 4.78 is 25.5. The maximum atomic E-state index is 12.8. The number of hydrogen-bond acceptors (Lipinski definition) is 5. The van der Waals surface area contributed by atoms with Crippen LogP contribution in [0.4, 0.5) is 5.69 Å². The van der Waals surface area contributed by atoms with Gasteiger partial charge in [0.05, 0.1) is 4.90 Å². The summed E-state index contributed by atoms with van der Waals surface area (Å²) in [4.78, 5) is 2.26. The lowest BCUT2D eigenvalue weighted by atomic mass is 10.1. The average molecular weight is 321 g/mol. The van der Waals surface area contributed by atoms with Crippen molar-refractivity contribution in [3.63, 3.8) is 0 Å². The number of nitrogens with zero attached hydrogens (tertiary/aromatic N) is 1. The zero-order chi connectivity index (χ0) is 16.3. The molecule has 0 aromatic heterocycles. The van der Waals surface area contributed by atoms with E-state index in [2.05, 4.69) is 0 Å². The lowest BCUT2D eigenvalue weighted by molar-refractivity contribution is 0.570. The molecule has 2 aromatic carbocycles. The van der Waals surface area contributed by atoms with Crippen molar-refractivity contribution in [2.75, 3.05) is 25.5 Å². The molecule has 4 N–H and O–H groups in total. The Kier molecular flexibility index (Phi) is 5.05. The molecule has 2 rings (SSSR count). The molecule has 0 aliphatic heterocycles. The fraction of sp³-hybridized carbons (Fsp3) is 0.375. The highest BCUT2D eigenvalue weighted by molar-refractivity contribution is 7.92. The highest BCUT2D eigenvalue weighted by atomic mass is 32.2. The van der Waals surface area contributed by atoms with Crippen LogP contribution in [0.25, 0.3) is 10.8 Å². The second-order valence-electron chi connectivity index (χ2n) is 5.54. The molecule has 0 fully saturated rings. The Bertz CT molecular complexity index is 757. The predicted octanol–water partition coefficient (Wildman–Crippen LogP) is 1.70. The third-order valence-corrected chi connectivity index (χ3v) is 5.74. The third-order valence-electron chi connectivity index (χ3n) is 3.74. The maximum absolute atomic E-state index is 12.8. The van der Waals surface area contributed by atoms with Gasteiger partial charge in [0.2, 0.25) is 0 Å². The van der Waals surface area contributed by atoms with E-state index in [-0.39, 0.29) is 0 Å². The Hall–Kier alpha value is -1.63. The third kappa shape index (κ3) is 3.09. The first-order valence-electron chi connectivity index (χ1n) is 7.28. The van der Waals surface area contributed by atoms with Gasteiger partial charge < -0.3 is 16.4 Å². The van der Waals surface area contributed by atoms with Gasteiger partial charge >= 0.3 is 0 Å². The van der Waals surface area contributed by atoms with Crippen molar-refractivity contribution in [2.45, 2.75) is 23.1 Å². The van der Waals surface area contributed by atoms with E-state index in [0.717, 1.165) is 11.1 Å². The van der Waals surface area contributed by atoms with Crippen LogP contribution < -0.4 is 16.4 Å². The van der Waals surface area contributed by atoms with Gasteiger partial charge in [-0.25, -0.2) is 8.42 Å². The van der Waals surface area contributed by atoms with E-state index in [1.54, 1.807) is 12.1 Å². The Balaban J connectivity index is 2.59. The van der Waals surface area contributed by atoms with Crippen LogP contribution in [0.3, 0.4) is 0 Å². The first-order chi connectivity index (χ1) is 10.4. The van der Waals surface area contributed by atoms with Crippen LogP contribution in [0.1, 0.15) is 12.8 Å². The first kappa shape index (κ1) is 16.7. The molecule has 2 aromatic rings. The van der Waals surface area contributed by atoms with E-state index in [1.807, 2.05) is 43.3 Å². The minimum atomic E-state index is -3.58. The minimum Gasteiger partial charge on any atom is -0.377 e. The van der Waals surface area contributed by atoms with Gasteiger partial charge in [-0.05, 0) is 31.5 Å². The SMILES string of the molecule is CN(C)c1cccc2c(S(=O)(=O)C(N)CCCN)cccc12. The van der Waals surface area contributed by atoms with Gasteiger partial charge in [0.15, 0.2) is 9.84 Å². The topological polar surface area (TPSA) is 89.4 Å². The molecule has 22 heavy (non-hydrogen) atoms. The van der Waals surface area contributed by atoms with Crippen molar-refractivity contribution < 1.29 is 8.42 Å². The van der Waals surface area contributed by atoms with Crippen LogP contribution >= 0.6 is 0 Å². The second kappa shape index (κ2) is 6.64. The van der Waals surface area contributed by atoms with Gasteiger partial charge in [-0.1, -0.05) is 24.3 Å². The molecular formula is C16H23N3O2S. The standard InChI is InChI=1S/C16H23N3O2S/c1-19(2)14-8-3-7-13-12(14)6-4-9-15(13)22(20,21)16(18)10-5-11-17/h3-4,6-9,16H,5,10-11,17-18H2,1-2H3. The summed E-state index contributed by atoms with van der Waals surface area (Å²) in [6, 6.07) is 11.0. The molecular weight excluding hydrogens is 298 g/mol. The van der Waals surface area contributed by atoms with E-state index in [4.69, 9.17) is 11.5 Å². The summed E-state index contributed by atoms with van der Waals surface area (Å²) in [6.07, 6.45) is 0.955. The molecule has 5 nitrogen and oxygen atoms in total. The van der Waals surface area contributed by atoms with Crippen LogP contribution in [0.15, 0.2) is 41.3 Å². The second-order valence-corrected chi connectivity index (χ2v) is 7.67. The van der Waals surface area contributed by atoms with Crippen molar-refractivity contribution in [3.8, 4) is 0 Å². The Morgan fingerprint density at radius 2 is 1.73 bits per heavy atom. The molecule has 0 saturated heterocycles. The van der Waals surface area contributed by atoms with Crippen LogP contribution in [-0.4, -0.2) is 34.4 Å². The summed E-state index contributed by atoms with van der Waals surface area (Å²) in [7, 11) is 0.290. The molecule has 0 saturated carbocycles. The number of fused-ring (bicyclic) bond motifs is 1. The van der Waals surface area contributed by atoms with Crippen molar-refractivity contribution in [3.05, 3.63) is 36.4 Å². The van der Waals surface area contributed by atoms with Gasteiger partial charge in [0.25, 0.3) is 0 Å². The number of nitrogens with two attached hydrogens (primary N) is 2. The monoisotopic (exact) mass is 321 g/mol. The molecule has 0 amide bonds. The maximum Gasteiger partial charge on any atom is 0.194 e. The first-order valence-corrected chi connectivity index (χ1v) is 8.83. The van der Waals surface area contributed by atoms with E-state index in [9.17, 15) is 8.42 Å². The van der Waals surface area contributed by atoms with Gasteiger partial charge in [-0.2, -0.15) is 0 Å². The van der Waals surface area contributed by atoms with Crippen molar-refractivity contribution in [1.29, 1.82) is 0 Å². The summed E-state index contributed by atoms with van der Waals surface area (Å²) >= 11 is 0. The van der Waals surface area contributed by atoms with Crippen LogP contribution in [0.2, 0.25) is 0 Å². The van der Waals surface area contributed by atoms with E-state index in [0.29, 0.717) is 29.7 Å². The van der Waals surface area contributed by atoms with Crippen LogP contribution in [0, 0.1) is 0 Å². The molecule has 0 spiro atoms. The van der Waals surface area contributed by atoms with E-state index < -0.39 is 15.2 Å². The molecule has 1 unspecified atom stereocenters. The molecule has 120 valence electrons. The molecule has 0 aliphatic rings. The summed E-state index contributed by atoms with van der Waals surface area (Å²) in [5, 5.41) is 0.682. The van der Waals surface area contributed by atoms with Gasteiger partial charge in [0, 0.05) is 30.6 Å². The Morgan fingerprint density at radius 1 is 1.09 bits per heavy atom. The summed E-state index contributed by atoms with van der Waals surface area (Å²) in [5.41, 5.74) is 12.3. The quantitative estimate of drug-likeness (QED) is 0.845. The van der Waals surface area contributed by atoms with Crippen molar-refractivity contribution >= 4 is 26.3 Å². The normalized spacial score (nSPS) is 13.3. The summed E-state index contributed by atoms with van der Waals surface area (Å²) in [5.74, 6) is 0.